The highest BCUT2D eigenvalue weighted by Crippen LogP contribution is 2.20. The minimum absolute atomic E-state index is 0.0846. The first kappa shape index (κ1) is 20.0. The summed E-state index contributed by atoms with van der Waals surface area (Å²) in [6.45, 7) is 4.00. The van der Waals surface area contributed by atoms with Crippen LogP contribution in [0, 0.1) is 0 Å². The highest BCUT2D eigenvalue weighted by Gasteiger charge is 2.18. The van der Waals surface area contributed by atoms with Gasteiger partial charge in [-0.1, -0.05) is 30.3 Å². The van der Waals surface area contributed by atoms with E-state index in [-0.39, 0.29) is 18.3 Å². The Morgan fingerprint density at radius 2 is 2.04 bits per heavy atom. The molecule has 0 bridgehead atoms. The molecule has 0 saturated heterocycles. The van der Waals surface area contributed by atoms with Crippen LogP contribution in [-0.2, 0) is 20.9 Å². The van der Waals surface area contributed by atoms with Crippen molar-refractivity contribution >= 4 is 39.0 Å². The van der Waals surface area contributed by atoms with E-state index in [0.29, 0.717) is 24.6 Å². The summed E-state index contributed by atoms with van der Waals surface area (Å²) in [7, 11) is 0. The number of esters is 1. The molecule has 0 saturated carbocycles. The van der Waals surface area contributed by atoms with Gasteiger partial charge in [-0.05, 0) is 34.5 Å². The summed E-state index contributed by atoms with van der Waals surface area (Å²) < 4.78 is 6.30. The summed E-state index contributed by atoms with van der Waals surface area (Å²) in [4.78, 5) is 37.4. The first-order valence-corrected chi connectivity index (χ1v) is 9.71. The molecule has 7 nitrogen and oxygen atoms in total. The number of pyridine rings is 1. The van der Waals surface area contributed by atoms with Gasteiger partial charge in [0.1, 0.15) is 5.82 Å². The summed E-state index contributed by atoms with van der Waals surface area (Å²) in [6.07, 6.45) is 1.23. The van der Waals surface area contributed by atoms with Crippen LogP contribution in [0.1, 0.15) is 37.8 Å². The van der Waals surface area contributed by atoms with Crippen LogP contribution in [-0.4, -0.2) is 38.3 Å². The Kier molecular flexibility index (Phi) is 6.41. The summed E-state index contributed by atoms with van der Waals surface area (Å²) in [6, 6.07) is 11.5. The number of fused-ring (bicyclic) bond motifs is 1. The molecule has 3 aromatic rings. The van der Waals surface area contributed by atoms with Crippen molar-refractivity contribution in [2.24, 2.45) is 0 Å². The van der Waals surface area contributed by atoms with Crippen LogP contribution < -0.4 is 0 Å². The Hall–Kier alpha value is -2.74. The monoisotopic (exact) mass is 444 g/mol. The molecule has 3 rings (SSSR count). The molecule has 1 N–H and O–H groups in total. The topological polar surface area (TPSA) is 88.2 Å². The highest BCUT2D eigenvalue weighted by atomic mass is 79.9. The van der Waals surface area contributed by atoms with E-state index in [9.17, 15) is 9.59 Å². The first-order valence-electron chi connectivity index (χ1n) is 8.92. The highest BCUT2D eigenvalue weighted by molar-refractivity contribution is 9.10. The Bertz CT molecular complexity index is 974. The van der Waals surface area contributed by atoms with Gasteiger partial charge in [0.15, 0.2) is 11.8 Å². The van der Waals surface area contributed by atoms with E-state index in [4.69, 9.17) is 4.74 Å². The van der Waals surface area contributed by atoms with E-state index in [1.165, 1.54) is 6.92 Å². The molecule has 0 spiro atoms. The van der Waals surface area contributed by atoms with E-state index in [1.807, 2.05) is 36.4 Å². The number of benzene rings is 1. The van der Waals surface area contributed by atoms with E-state index in [1.54, 1.807) is 18.0 Å². The van der Waals surface area contributed by atoms with Gasteiger partial charge in [0, 0.05) is 30.7 Å². The van der Waals surface area contributed by atoms with E-state index >= 15 is 0 Å². The number of aromatic amines is 1. The Morgan fingerprint density at radius 1 is 1.29 bits per heavy atom. The van der Waals surface area contributed by atoms with Crippen LogP contribution >= 0.6 is 15.9 Å². The van der Waals surface area contributed by atoms with Crippen molar-refractivity contribution in [1.29, 1.82) is 0 Å². The molecule has 0 fully saturated rings. The normalized spacial score (nSPS) is 12.0. The lowest BCUT2D eigenvalue weighted by molar-refractivity contribution is -0.149. The van der Waals surface area contributed by atoms with Crippen LogP contribution in [0.15, 0.2) is 47.1 Å². The number of aromatic nitrogens is 3. The molecule has 1 amide bonds. The summed E-state index contributed by atoms with van der Waals surface area (Å²) in [5.74, 6) is 0.0571. The first-order chi connectivity index (χ1) is 13.4. The number of carbonyl (C=O) groups is 2. The molecular weight excluding hydrogens is 424 g/mol. The number of amides is 1. The molecule has 28 heavy (non-hydrogen) atoms. The van der Waals surface area contributed by atoms with Gasteiger partial charge in [0.25, 0.3) is 0 Å². The molecule has 1 unspecified atom stereocenters. The number of ether oxygens (including phenoxy) is 1. The van der Waals surface area contributed by atoms with Gasteiger partial charge in [0.2, 0.25) is 5.91 Å². The molecule has 0 aliphatic heterocycles. The fraction of sp³-hybridized carbons (Fsp3) is 0.300. The number of hydrogen-bond donors (Lipinski definition) is 1. The second-order valence-electron chi connectivity index (χ2n) is 6.46. The van der Waals surface area contributed by atoms with E-state index < -0.39 is 6.10 Å². The zero-order chi connectivity index (χ0) is 20.1. The molecule has 1 aromatic carbocycles. The smallest absolute Gasteiger partial charge is 0.308 e. The van der Waals surface area contributed by atoms with Gasteiger partial charge in [-0.15, -0.1) is 0 Å². The Morgan fingerprint density at radius 3 is 2.75 bits per heavy atom. The van der Waals surface area contributed by atoms with Crippen molar-refractivity contribution in [2.75, 3.05) is 6.54 Å². The third kappa shape index (κ3) is 5.16. The molecule has 1 atom stereocenters. The number of halogens is 1. The molecule has 0 aliphatic rings. The van der Waals surface area contributed by atoms with Crippen LogP contribution in [0.25, 0.3) is 11.2 Å². The maximum absolute atomic E-state index is 12.3. The predicted molar refractivity (Wildman–Crippen MR) is 108 cm³/mol. The maximum Gasteiger partial charge on any atom is 0.308 e. The number of hydrogen-bond acceptors (Lipinski definition) is 5. The van der Waals surface area contributed by atoms with Gasteiger partial charge >= 0.3 is 5.97 Å². The number of H-pyrrole nitrogens is 1. The lowest BCUT2D eigenvalue weighted by Crippen LogP contribution is -2.31. The molecule has 0 radical (unpaired) electrons. The summed E-state index contributed by atoms with van der Waals surface area (Å²) >= 11 is 3.36. The zero-order valence-corrected chi connectivity index (χ0v) is 17.3. The molecular formula is C20H21BrN4O3. The van der Waals surface area contributed by atoms with Crippen LogP contribution in [0.3, 0.4) is 0 Å². The van der Waals surface area contributed by atoms with Crippen molar-refractivity contribution in [3.05, 3.63) is 58.5 Å². The average Bonchev–Trinajstić information content (AvgIpc) is 3.09. The molecule has 8 heteroatoms. The Balaban J connectivity index is 1.56. The molecule has 2 aromatic heterocycles. The van der Waals surface area contributed by atoms with Crippen molar-refractivity contribution < 1.29 is 14.3 Å². The lowest BCUT2D eigenvalue weighted by Gasteiger charge is -2.21. The number of imidazole rings is 1. The standard InChI is InChI=1S/C20H21BrN4O3/c1-13(19-23-17-10-16(21)11-22-20(17)24-19)28-18(27)8-9-25(14(2)26)12-15-6-4-3-5-7-15/h3-7,10-11,13H,8-9,12H2,1-2H3,(H,22,23,24). The van der Waals surface area contributed by atoms with Crippen molar-refractivity contribution in [3.8, 4) is 0 Å². The van der Waals surface area contributed by atoms with Crippen LogP contribution in [0.5, 0.6) is 0 Å². The van der Waals surface area contributed by atoms with Crippen molar-refractivity contribution in [1.82, 2.24) is 19.9 Å². The number of nitrogens with one attached hydrogen (secondary N) is 1. The van der Waals surface area contributed by atoms with Crippen LogP contribution in [0.2, 0.25) is 0 Å². The third-order valence-corrected chi connectivity index (χ3v) is 4.70. The summed E-state index contributed by atoms with van der Waals surface area (Å²) in [5, 5.41) is 0. The minimum atomic E-state index is -0.541. The second-order valence-corrected chi connectivity index (χ2v) is 7.37. The number of nitrogens with zero attached hydrogens (tertiary/aromatic N) is 3. The predicted octanol–water partition coefficient (Wildman–Crippen LogP) is 3.76. The molecule has 0 aliphatic carbocycles. The second kappa shape index (κ2) is 8.97. The number of carbonyl (C=O) groups excluding carboxylic acids is 2. The quantitative estimate of drug-likeness (QED) is 0.560. The lowest BCUT2D eigenvalue weighted by atomic mass is 10.2. The van der Waals surface area contributed by atoms with Gasteiger partial charge < -0.3 is 14.6 Å². The molecule has 2 heterocycles. The maximum atomic E-state index is 12.3. The van der Waals surface area contributed by atoms with Crippen molar-refractivity contribution in [3.63, 3.8) is 0 Å². The van der Waals surface area contributed by atoms with Gasteiger partial charge in [-0.25, -0.2) is 9.97 Å². The SMILES string of the molecule is CC(=O)N(CCC(=O)OC(C)c1nc2ncc(Br)cc2[nH]1)Cc1ccccc1. The third-order valence-electron chi connectivity index (χ3n) is 4.26. The number of rotatable bonds is 7. The average molecular weight is 445 g/mol. The fourth-order valence-corrected chi connectivity index (χ4v) is 3.11. The zero-order valence-electron chi connectivity index (χ0n) is 15.7. The van der Waals surface area contributed by atoms with E-state index in [0.717, 1.165) is 15.6 Å². The minimum Gasteiger partial charge on any atom is -0.454 e. The van der Waals surface area contributed by atoms with Crippen LogP contribution in [0.4, 0.5) is 0 Å². The largest absolute Gasteiger partial charge is 0.454 e. The Labute approximate surface area is 171 Å². The van der Waals surface area contributed by atoms with Crippen molar-refractivity contribution in [2.45, 2.75) is 32.9 Å². The summed E-state index contributed by atoms with van der Waals surface area (Å²) in [5.41, 5.74) is 2.34. The van der Waals surface area contributed by atoms with Gasteiger partial charge in [-0.2, -0.15) is 0 Å². The molecule has 146 valence electrons. The van der Waals surface area contributed by atoms with Gasteiger partial charge in [0.05, 0.1) is 11.9 Å². The van der Waals surface area contributed by atoms with Gasteiger partial charge in [-0.3, -0.25) is 9.59 Å². The van der Waals surface area contributed by atoms with E-state index in [2.05, 4.69) is 30.9 Å². The fourth-order valence-electron chi connectivity index (χ4n) is 2.78.